The normalized spacial score (nSPS) is 16.1. The molecule has 0 heterocycles. The Bertz CT molecular complexity index is 381. The maximum Gasteiger partial charge on any atom is 0.337 e. The number of hydrogen-bond donors (Lipinski definition) is 6. The number of aliphatic hydroxyl groups is 4. The molecule has 25 heavy (non-hydrogen) atoms. The molecular weight excluding hydrogens is 332 g/mol. The zero-order chi connectivity index (χ0) is 19.2. The second-order valence-electron chi connectivity index (χ2n) is 5.82. The lowest BCUT2D eigenvalue weighted by molar-refractivity contribution is -0.168. The molecule has 0 fully saturated rings. The molecule has 0 rings (SSSR count). The maximum absolute atomic E-state index is 11.8. The van der Waals surface area contributed by atoms with E-state index in [-0.39, 0.29) is 6.42 Å². The SMILES string of the molecule is CCCCNCCNCCCC(=O)[C@H](O)[C@@H](O)[C@@H](O)[C@H](O)C(=O)OC. The number of Topliss-reactive ketones (excluding diaryl/α,β-unsaturated/α-hetero) is 1. The van der Waals surface area contributed by atoms with E-state index in [0.29, 0.717) is 13.0 Å². The van der Waals surface area contributed by atoms with Crippen LogP contribution in [0.15, 0.2) is 0 Å². The van der Waals surface area contributed by atoms with Gasteiger partial charge in [-0.3, -0.25) is 4.79 Å². The minimum atomic E-state index is -2.04. The Morgan fingerprint density at radius 1 is 0.880 bits per heavy atom. The van der Waals surface area contributed by atoms with Crippen molar-refractivity contribution in [2.24, 2.45) is 0 Å². The number of carbonyl (C=O) groups excluding carboxylic acids is 2. The highest BCUT2D eigenvalue weighted by Gasteiger charge is 2.37. The monoisotopic (exact) mass is 364 g/mol. The number of ketones is 1. The molecule has 6 N–H and O–H groups in total. The molecule has 9 heteroatoms. The van der Waals surface area contributed by atoms with Gasteiger partial charge in [0.25, 0.3) is 0 Å². The van der Waals surface area contributed by atoms with Crippen LogP contribution < -0.4 is 10.6 Å². The zero-order valence-electron chi connectivity index (χ0n) is 15.0. The molecular formula is C16H32N2O7. The summed E-state index contributed by atoms with van der Waals surface area (Å²) < 4.78 is 4.22. The van der Waals surface area contributed by atoms with Crippen LogP contribution in [0.4, 0.5) is 0 Å². The van der Waals surface area contributed by atoms with Gasteiger partial charge in [0.1, 0.15) is 18.3 Å². The van der Waals surface area contributed by atoms with Crippen molar-refractivity contribution < 1.29 is 34.8 Å². The van der Waals surface area contributed by atoms with Crippen LogP contribution in [0, 0.1) is 0 Å². The van der Waals surface area contributed by atoms with E-state index in [0.717, 1.165) is 39.6 Å². The number of carbonyl (C=O) groups is 2. The number of aliphatic hydroxyl groups excluding tert-OH is 4. The van der Waals surface area contributed by atoms with E-state index in [1.807, 2.05) is 0 Å². The molecule has 0 aliphatic carbocycles. The Balaban J connectivity index is 3.96. The van der Waals surface area contributed by atoms with Crippen LogP contribution >= 0.6 is 0 Å². The van der Waals surface area contributed by atoms with Gasteiger partial charge in [0.15, 0.2) is 11.9 Å². The predicted octanol–water partition coefficient (Wildman–Crippen LogP) is -2.07. The third-order valence-electron chi connectivity index (χ3n) is 3.73. The third-order valence-corrected chi connectivity index (χ3v) is 3.73. The molecule has 4 atom stereocenters. The number of esters is 1. The first kappa shape index (κ1) is 23.9. The molecule has 0 radical (unpaired) electrons. The molecule has 0 aromatic heterocycles. The Kier molecular flexibility index (Phi) is 13.5. The van der Waals surface area contributed by atoms with Gasteiger partial charge < -0.3 is 35.8 Å². The molecule has 0 saturated carbocycles. The van der Waals surface area contributed by atoms with Gasteiger partial charge >= 0.3 is 5.97 Å². The minimum Gasteiger partial charge on any atom is -0.467 e. The topological polar surface area (TPSA) is 148 Å². The van der Waals surface area contributed by atoms with E-state index in [9.17, 15) is 30.0 Å². The first-order valence-electron chi connectivity index (χ1n) is 8.61. The lowest BCUT2D eigenvalue weighted by Gasteiger charge is -2.24. The van der Waals surface area contributed by atoms with Crippen molar-refractivity contribution in [2.75, 3.05) is 33.3 Å². The molecule has 0 unspecified atom stereocenters. The van der Waals surface area contributed by atoms with Crippen molar-refractivity contribution in [3.8, 4) is 0 Å². The fourth-order valence-corrected chi connectivity index (χ4v) is 2.09. The average Bonchev–Trinajstić information content (AvgIpc) is 2.63. The summed E-state index contributed by atoms with van der Waals surface area (Å²) in [6.07, 6.45) is -5.19. The van der Waals surface area contributed by atoms with E-state index in [2.05, 4.69) is 22.3 Å². The highest BCUT2D eigenvalue weighted by atomic mass is 16.5. The van der Waals surface area contributed by atoms with Crippen LogP contribution in [-0.2, 0) is 14.3 Å². The number of methoxy groups -OCH3 is 1. The molecule has 148 valence electrons. The number of hydrogen-bond acceptors (Lipinski definition) is 9. The highest BCUT2D eigenvalue weighted by Crippen LogP contribution is 2.09. The summed E-state index contributed by atoms with van der Waals surface area (Å²) >= 11 is 0. The summed E-state index contributed by atoms with van der Waals surface area (Å²) in [4.78, 5) is 22.9. The Labute approximate surface area is 148 Å². The van der Waals surface area contributed by atoms with Gasteiger partial charge in [-0.05, 0) is 25.9 Å². The van der Waals surface area contributed by atoms with Crippen molar-refractivity contribution in [1.82, 2.24) is 10.6 Å². The fraction of sp³-hybridized carbons (Fsp3) is 0.875. The number of unbranched alkanes of at least 4 members (excludes halogenated alkanes) is 1. The summed E-state index contributed by atoms with van der Waals surface area (Å²) in [5.41, 5.74) is 0. The lowest BCUT2D eigenvalue weighted by Crippen LogP contribution is -2.50. The van der Waals surface area contributed by atoms with E-state index in [1.165, 1.54) is 0 Å². The Hall–Kier alpha value is -1.10. The minimum absolute atomic E-state index is 0.00444. The summed E-state index contributed by atoms with van der Waals surface area (Å²) in [5.74, 6) is -1.84. The second-order valence-corrected chi connectivity index (χ2v) is 5.82. The van der Waals surface area contributed by atoms with E-state index in [4.69, 9.17) is 0 Å². The van der Waals surface area contributed by atoms with E-state index < -0.39 is 36.2 Å². The van der Waals surface area contributed by atoms with Crippen molar-refractivity contribution in [3.63, 3.8) is 0 Å². The van der Waals surface area contributed by atoms with Gasteiger partial charge in [-0.1, -0.05) is 13.3 Å². The van der Waals surface area contributed by atoms with Gasteiger partial charge in [0, 0.05) is 19.5 Å². The average molecular weight is 364 g/mol. The highest BCUT2D eigenvalue weighted by molar-refractivity contribution is 5.83. The number of nitrogens with one attached hydrogen (secondary N) is 2. The van der Waals surface area contributed by atoms with Crippen molar-refractivity contribution >= 4 is 11.8 Å². The van der Waals surface area contributed by atoms with Gasteiger partial charge in [0.05, 0.1) is 7.11 Å². The molecule has 0 aromatic rings. The van der Waals surface area contributed by atoms with Crippen LogP contribution in [0.3, 0.4) is 0 Å². The molecule has 0 aliphatic rings. The molecule has 0 aromatic carbocycles. The van der Waals surface area contributed by atoms with Crippen LogP contribution in [-0.4, -0.2) is 89.9 Å². The lowest BCUT2D eigenvalue weighted by atomic mass is 9.98. The molecule has 0 saturated heterocycles. The van der Waals surface area contributed by atoms with Crippen LogP contribution in [0.2, 0.25) is 0 Å². The Morgan fingerprint density at radius 3 is 1.92 bits per heavy atom. The largest absolute Gasteiger partial charge is 0.467 e. The molecule has 0 amide bonds. The smallest absolute Gasteiger partial charge is 0.337 e. The number of ether oxygens (including phenoxy) is 1. The summed E-state index contributed by atoms with van der Waals surface area (Å²) in [7, 11) is 0.999. The molecule has 0 bridgehead atoms. The predicted molar refractivity (Wildman–Crippen MR) is 90.9 cm³/mol. The second kappa shape index (κ2) is 14.1. The summed E-state index contributed by atoms with van der Waals surface area (Å²) in [6.45, 7) is 5.25. The fourth-order valence-electron chi connectivity index (χ4n) is 2.09. The third kappa shape index (κ3) is 9.83. The molecule has 0 aliphatic heterocycles. The van der Waals surface area contributed by atoms with Crippen LogP contribution in [0.25, 0.3) is 0 Å². The van der Waals surface area contributed by atoms with Crippen molar-refractivity contribution in [3.05, 3.63) is 0 Å². The molecule has 0 spiro atoms. The first-order chi connectivity index (χ1) is 11.9. The van der Waals surface area contributed by atoms with Crippen LogP contribution in [0.1, 0.15) is 32.6 Å². The van der Waals surface area contributed by atoms with Crippen molar-refractivity contribution in [1.29, 1.82) is 0 Å². The van der Waals surface area contributed by atoms with Gasteiger partial charge in [-0.15, -0.1) is 0 Å². The van der Waals surface area contributed by atoms with Gasteiger partial charge in [-0.2, -0.15) is 0 Å². The molecule has 9 nitrogen and oxygen atoms in total. The van der Waals surface area contributed by atoms with Gasteiger partial charge in [0.2, 0.25) is 0 Å². The van der Waals surface area contributed by atoms with Crippen molar-refractivity contribution in [2.45, 2.75) is 57.0 Å². The standard InChI is InChI=1S/C16H32N2O7/c1-3-4-7-17-9-10-18-8-5-6-11(19)12(20)13(21)14(22)15(23)16(24)25-2/h12-15,17-18,20-23H,3-10H2,1-2H3/t12-,13+,14+,15-/m0/s1. The van der Waals surface area contributed by atoms with Crippen LogP contribution in [0.5, 0.6) is 0 Å². The maximum atomic E-state index is 11.8. The van der Waals surface area contributed by atoms with E-state index in [1.54, 1.807) is 0 Å². The zero-order valence-corrected chi connectivity index (χ0v) is 15.0. The van der Waals surface area contributed by atoms with Gasteiger partial charge in [-0.25, -0.2) is 4.79 Å². The summed E-state index contributed by atoms with van der Waals surface area (Å²) in [5, 5.41) is 44.9. The summed E-state index contributed by atoms with van der Waals surface area (Å²) in [6, 6.07) is 0. The Morgan fingerprint density at radius 2 is 1.40 bits per heavy atom. The first-order valence-corrected chi connectivity index (χ1v) is 8.61. The van der Waals surface area contributed by atoms with E-state index >= 15 is 0 Å². The number of rotatable bonds is 15. The quantitative estimate of drug-likeness (QED) is 0.142.